The molecule has 0 saturated carbocycles. The number of aliphatic hydroxyl groups is 1. The summed E-state index contributed by atoms with van der Waals surface area (Å²) in [6.07, 6.45) is -0.596. The summed E-state index contributed by atoms with van der Waals surface area (Å²) in [7, 11) is 0. The van der Waals surface area contributed by atoms with E-state index in [1.807, 2.05) is 27.7 Å². The molecule has 0 aliphatic heterocycles. The van der Waals surface area contributed by atoms with E-state index in [-0.39, 0.29) is 30.9 Å². The molecule has 1 rings (SSSR count). The topological polar surface area (TPSA) is 136 Å². The summed E-state index contributed by atoms with van der Waals surface area (Å²) in [5.41, 5.74) is -0.0861. The van der Waals surface area contributed by atoms with Gasteiger partial charge in [0.15, 0.2) is 12.6 Å². The molecule has 0 radical (unpaired) electrons. The number of benzene rings is 1. The Morgan fingerprint density at radius 3 is 1.78 bits per heavy atom. The van der Waals surface area contributed by atoms with Crippen molar-refractivity contribution in [2.45, 2.75) is 53.1 Å². The Hall–Kier alpha value is -2.31. The number of non-ortho nitro benzene ring substituents is 1. The van der Waals surface area contributed by atoms with Gasteiger partial charge in [-0.2, -0.15) is 0 Å². The van der Waals surface area contributed by atoms with E-state index in [4.69, 9.17) is 33.5 Å². The van der Waals surface area contributed by atoms with Crippen LogP contribution in [0.4, 0.5) is 10.5 Å². The van der Waals surface area contributed by atoms with Crippen LogP contribution >= 0.6 is 0 Å². The standard InChI is InChI=1S/C14H19NO7.C7H16O3/c1-3-19-13(20-4-2)9-10-21-14(16)22-12-7-5-11(6-8-12)15(17)18;1-3-9-7(5-6-8)10-4-2/h5-8,13H,3-4,9-10H2,1-2H3;7-8H,3-6H2,1-2H3. The fourth-order valence-corrected chi connectivity index (χ4v) is 2.28. The summed E-state index contributed by atoms with van der Waals surface area (Å²) in [6, 6.07) is 5.12. The van der Waals surface area contributed by atoms with Gasteiger partial charge in [-0.15, -0.1) is 0 Å². The van der Waals surface area contributed by atoms with Crippen molar-refractivity contribution in [3.63, 3.8) is 0 Å². The number of nitro groups is 1. The van der Waals surface area contributed by atoms with Gasteiger partial charge >= 0.3 is 6.16 Å². The Kier molecular flexibility index (Phi) is 18.0. The summed E-state index contributed by atoms with van der Waals surface area (Å²) in [4.78, 5) is 21.4. The van der Waals surface area contributed by atoms with Crippen LogP contribution in [0.15, 0.2) is 24.3 Å². The Bertz CT molecular complexity index is 591. The zero-order valence-electron chi connectivity index (χ0n) is 19.2. The van der Waals surface area contributed by atoms with Crippen molar-refractivity contribution in [2.75, 3.05) is 39.6 Å². The maximum Gasteiger partial charge on any atom is 0.513 e. The van der Waals surface area contributed by atoms with E-state index in [2.05, 4.69) is 0 Å². The molecule has 11 heteroatoms. The third kappa shape index (κ3) is 14.7. The Morgan fingerprint density at radius 1 is 0.906 bits per heavy atom. The van der Waals surface area contributed by atoms with E-state index in [1.165, 1.54) is 24.3 Å². The second kappa shape index (κ2) is 19.4. The van der Waals surface area contributed by atoms with Crippen LogP contribution in [-0.4, -0.2) is 68.4 Å². The average molecular weight is 462 g/mol. The minimum Gasteiger partial charge on any atom is -0.434 e. The quantitative estimate of drug-likeness (QED) is 0.135. The summed E-state index contributed by atoms with van der Waals surface area (Å²) < 4.78 is 30.7. The number of hydrogen-bond acceptors (Lipinski definition) is 10. The van der Waals surface area contributed by atoms with Crippen LogP contribution in [0.25, 0.3) is 0 Å². The SMILES string of the molecule is CCOC(CCO)OCC.CCOC(CCOC(=O)Oc1ccc([N+](=O)[O-])cc1)OCC. The summed E-state index contributed by atoms with van der Waals surface area (Å²) in [5, 5.41) is 19.0. The van der Waals surface area contributed by atoms with Crippen molar-refractivity contribution in [3.05, 3.63) is 34.4 Å². The molecule has 0 amide bonds. The number of hydrogen-bond donors (Lipinski definition) is 1. The molecule has 184 valence electrons. The fraction of sp³-hybridized carbons (Fsp3) is 0.667. The number of carbonyl (C=O) groups is 1. The number of aliphatic hydroxyl groups excluding tert-OH is 1. The first-order valence-corrected chi connectivity index (χ1v) is 10.6. The van der Waals surface area contributed by atoms with Gasteiger partial charge in [0.1, 0.15) is 5.75 Å². The van der Waals surface area contributed by atoms with Gasteiger partial charge in [0.2, 0.25) is 0 Å². The van der Waals surface area contributed by atoms with Gasteiger partial charge in [0.25, 0.3) is 5.69 Å². The van der Waals surface area contributed by atoms with E-state index in [0.29, 0.717) is 39.3 Å². The highest BCUT2D eigenvalue weighted by Gasteiger charge is 2.12. The smallest absolute Gasteiger partial charge is 0.434 e. The highest BCUT2D eigenvalue weighted by Crippen LogP contribution is 2.17. The molecule has 1 N–H and O–H groups in total. The van der Waals surface area contributed by atoms with Crippen LogP contribution < -0.4 is 4.74 Å². The zero-order chi connectivity index (χ0) is 24.2. The van der Waals surface area contributed by atoms with Crippen LogP contribution in [0, 0.1) is 10.1 Å². The molecule has 0 spiro atoms. The second-order valence-electron chi connectivity index (χ2n) is 5.93. The Labute approximate surface area is 188 Å². The number of rotatable bonds is 15. The molecule has 0 aliphatic rings. The molecule has 0 atom stereocenters. The normalized spacial score (nSPS) is 10.6. The molecule has 0 heterocycles. The van der Waals surface area contributed by atoms with Crippen LogP contribution in [0.5, 0.6) is 5.75 Å². The largest absolute Gasteiger partial charge is 0.513 e. The third-order valence-electron chi connectivity index (χ3n) is 3.60. The molecule has 0 bridgehead atoms. The van der Waals surface area contributed by atoms with E-state index in [0.717, 1.165) is 0 Å². The van der Waals surface area contributed by atoms with Gasteiger partial charge < -0.3 is 33.5 Å². The molecule has 11 nitrogen and oxygen atoms in total. The number of ether oxygens (including phenoxy) is 6. The van der Waals surface area contributed by atoms with Crippen LogP contribution in [0.1, 0.15) is 40.5 Å². The highest BCUT2D eigenvalue weighted by atomic mass is 16.7. The van der Waals surface area contributed by atoms with Crippen LogP contribution in [-0.2, 0) is 23.7 Å². The van der Waals surface area contributed by atoms with Crippen molar-refractivity contribution in [1.29, 1.82) is 0 Å². The molecular formula is C21H35NO10. The van der Waals surface area contributed by atoms with E-state index in [1.54, 1.807) is 0 Å². The fourth-order valence-electron chi connectivity index (χ4n) is 2.28. The Morgan fingerprint density at radius 2 is 1.38 bits per heavy atom. The zero-order valence-corrected chi connectivity index (χ0v) is 19.2. The van der Waals surface area contributed by atoms with E-state index in [9.17, 15) is 14.9 Å². The molecule has 1 aromatic rings. The number of nitro benzene ring substituents is 1. The summed E-state index contributed by atoms with van der Waals surface area (Å²) in [5.74, 6) is 0.168. The lowest BCUT2D eigenvalue weighted by Crippen LogP contribution is -2.21. The predicted octanol–water partition coefficient (Wildman–Crippen LogP) is 3.67. The second-order valence-corrected chi connectivity index (χ2v) is 5.93. The van der Waals surface area contributed by atoms with Crippen molar-refractivity contribution in [2.24, 2.45) is 0 Å². The highest BCUT2D eigenvalue weighted by molar-refractivity contribution is 5.63. The van der Waals surface area contributed by atoms with Gasteiger partial charge in [0.05, 0.1) is 11.5 Å². The Balaban J connectivity index is 0.000000809. The van der Waals surface area contributed by atoms with Crippen molar-refractivity contribution in [1.82, 2.24) is 0 Å². The van der Waals surface area contributed by atoms with Gasteiger partial charge in [-0.3, -0.25) is 10.1 Å². The molecule has 1 aromatic carbocycles. The lowest BCUT2D eigenvalue weighted by Gasteiger charge is -2.16. The summed E-state index contributed by atoms with van der Waals surface area (Å²) >= 11 is 0. The van der Waals surface area contributed by atoms with Crippen LogP contribution in [0.3, 0.4) is 0 Å². The first-order valence-electron chi connectivity index (χ1n) is 10.6. The third-order valence-corrected chi connectivity index (χ3v) is 3.60. The molecular weight excluding hydrogens is 426 g/mol. The first kappa shape index (κ1) is 29.7. The minimum absolute atomic E-state index is 0.0798. The molecule has 0 fully saturated rings. The van der Waals surface area contributed by atoms with Gasteiger partial charge in [-0.25, -0.2) is 4.79 Å². The maximum absolute atomic E-state index is 11.5. The molecule has 0 aromatic heterocycles. The van der Waals surface area contributed by atoms with Gasteiger partial charge in [-0.1, -0.05) is 0 Å². The van der Waals surface area contributed by atoms with E-state index >= 15 is 0 Å². The molecule has 0 aliphatic carbocycles. The molecule has 0 saturated heterocycles. The van der Waals surface area contributed by atoms with Crippen molar-refractivity contribution >= 4 is 11.8 Å². The monoisotopic (exact) mass is 461 g/mol. The average Bonchev–Trinajstić information content (AvgIpc) is 2.75. The molecule has 0 unspecified atom stereocenters. The number of nitrogens with zero attached hydrogens (tertiary/aromatic N) is 1. The maximum atomic E-state index is 11.5. The van der Waals surface area contributed by atoms with Crippen molar-refractivity contribution < 1.29 is 43.2 Å². The van der Waals surface area contributed by atoms with Crippen LogP contribution in [0.2, 0.25) is 0 Å². The van der Waals surface area contributed by atoms with E-state index < -0.39 is 17.4 Å². The number of carbonyl (C=O) groups excluding carboxylic acids is 1. The summed E-state index contributed by atoms with van der Waals surface area (Å²) in [6.45, 7) is 9.95. The van der Waals surface area contributed by atoms with Crippen molar-refractivity contribution in [3.8, 4) is 5.75 Å². The first-order chi connectivity index (χ1) is 15.4. The molecule has 32 heavy (non-hydrogen) atoms. The lowest BCUT2D eigenvalue weighted by molar-refractivity contribution is -0.384. The predicted molar refractivity (Wildman–Crippen MR) is 115 cm³/mol. The lowest BCUT2D eigenvalue weighted by atomic mass is 10.3. The van der Waals surface area contributed by atoms with Gasteiger partial charge in [-0.05, 0) is 39.8 Å². The van der Waals surface area contributed by atoms with Gasteiger partial charge in [0, 0.05) is 58.0 Å². The minimum atomic E-state index is -0.888.